The molecule has 0 aromatic carbocycles. The Hall–Kier alpha value is 0.154. The number of nitrogens with two attached hydrogens (primary N) is 1. The maximum atomic E-state index is 6.25. The minimum absolute atomic E-state index is 0.383. The molecular formula is C20H47NO6Si2. The molecule has 0 spiro atoms. The third-order valence-electron chi connectivity index (χ3n) is 5.55. The lowest BCUT2D eigenvalue weighted by Gasteiger charge is -2.38. The third-order valence-corrected chi connectivity index (χ3v) is 14.3. The van der Waals surface area contributed by atoms with Gasteiger partial charge in [-0.05, 0) is 43.4 Å². The van der Waals surface area contributed by atoms with Gasteiger partial charge in [-0.1, -0.05) is 27.7 Å². The molecule has 0 saturated carbocycles. The molecule has 1 fully saturated rings. The second kappa shape index (κ2) is 15.9. The molecule has 176 valence electrons. The summed E-state index contributed by atoms with van der Waals surface area (Å²) >= 11 is 0. The topological polar surface area (TPSA) is 84.7 Å². The van der Waals surface area contributed by atoms with E-state index in [1.165, 1.54) is 6.04 Å². The first kappa shape index (κ1) is 29.2. The van der Waals surface area contributed by atoms with Crippen LogP contribution < -0.4 is 5.73 Å². The average Bonchev–Trinajstić information content (AvgIpc) is 3.53. The summed E-state index contributed by atoms with van der Waals surface area (Å²) in [6.45, 7) is 15.4. The van der Waals surface area contributed by atoms with E-state index in [0.717, 1.165) is 45.3 Å². The van der Waals surface area contributed by atoms with Crippen LogP contribution in [0.5, 0.6) is 0 Å². The van der Waals surface area contributed by atoms with Crippen molar-refractivity contribution in [2.45, 2.75) is 76.7 Å². The summed E-state index contributed by atoms with van der Waals surface area (Å²) in [6, 6.07) is 1.99. The molecule has 0 aromatic rings. The zero-order chi connectivity index (χ0) is 22.3. The Morgan fingerprint density at radius 2 is 1.52 bits per heavy atom. The molecule has 1 atom stereocenters. The first-order valence-corrected chi connectivity index (χ1v) is 15.2. The summed E-state index contributed by atoms with van der Waals surface area (Å²) in [5.74, 6) is 0. The quantitative estimate of drug-likeness (QED) is 0.216. The number of hydrogen-bond donors (Lipinski definition) is 1. The Labute approximate surface area is 181 Å². The van der Waals surface area contributed by atoms with Gasteiger partial charge in [-0.3, -0.25) is 0 Å². The lowest BCUT2D eigenvalue weighted by molar-refractivity contribution is 0.116. The highest BCUT2D eigenvalue weighted by molar-refractivity contribution is 6.76. The van der Waals surface area contributed by atoms with E-state index in [9.17, 15) is 0 Å². The zero-order valence-corrected chi connectivity index (χ0v) is 22.1. The summed E-state index contributed by atoms with van der Waals surface area (Å²) in [4.78, 5) is 0. The highest BCUT2D eigenvalue weighted by Crippen LogP contribution is 2.37. The van der Waals surface area contributed by atoms with Crippen LogP contribution in [0, 0.1) is 0 Å². The molecule has 1 aliphatic heterocycles. The molecule has 0 amide bonds. The van der Waals surface area contributed by atoms with E-state index in [1.54, 1.807) is 21.3 Å². The van der Waals surface area contributed by atoms with Gasteiger partial charge in [0.2, 0.25) is 0 Å². The van der Waals surface area contributed by atoms with Crippen molar-refractivity contribution in [1.82, 2.24) is 0 Å². The van der Waals surface area contributed by atoms with Gasteiger partial charge in [-0.15, -0.1) is 0 Å². The van der Waals surface area contributed by atoms with Gasteiger partial charge in [0.05, 0.1) is 13.2 Å². The standard InChI is InChI=1S/C14H30O3Si.C6H17NO3Si/c1-6-17-18(12(2)3,13(4)5)9-7-8-15-10-14-11-16-14;1-8-11(9-2,10-3)6-4-5-7/h12-14H,6-11H2,1-5H3;4-7H2,1-3H3. The van der Waals surface area contributed by atoms with Crippen LogP contribution in [0.25, 0.3) is 0 Å². The molecule has 2 N–H and O–H groups in total. The Morgan fingerprint density at radius 1 is 0.966 bits per heavy atom. The van der Waals surface area contributed by atoms with E-state index in [0.29, 0.717) is 23.7 Å². The minimum atomic E-state index is -2.32. The minimum Gasteiger partial charge on any atom is -0.417 e. The molecule has 29 heavy (non-hydrogen) atoms. The molecule has 9 heteroatoms. The normalized spacial score (nSPS) is 16.9. The summed E-state index contributed by atoms with van der Waals surface area (Å²) < 4.78 is 32.5. The SMILES string of the molecule is CCO[Si](CCCOCC1CO1)(C(C)C)C(C)C.CO[Si](CCCN)(OC)OC. The predicted octanol–water partition coefficient (Wildman–Crippen LogP) is 3.81. The lowest BCUT2D eigenvalue weighted by Crippen LogP contribution is -2.44. The van der Waals surface area contributed by atoms with Crippen molar-refractivity contribution < 1.29 is 27.2 Å². The molecule has 0 aliphatic carbocycles. The largest absolute Gasteiger partial charge is 0.500 e. The fraction of sp³-hybridized carbons (Fsp3) is 1.00. The molecule has 1 heterocycles. The zero-order valence-electron chi connectivity index (χ0n) is 20.1. The van der Waals surface area contributed by atoms with Crippen LogP contribution in [0.4, 0.5) is 0 Å². The lowest BCUT2D eigenvalue weighted by atomic mass is 10.5. The Balaban J connectivity index is 0.000000614. The van der Waals surface area contributed by atoms with E-state index >= 15 is 0 Å². The van der Waals surface area contributed by atoms with Gasteiger partial charge in [0, 0.05) is 40.6 Å². The van der Waals surface area contributed by atoms with Crippen molar-refractivity contribution in [3.8, 4) is 0 Å². The smallest absolute Gasteiger partial charge is 0.417 e. The van der Waals surface area contributed by atoms with Gasteiger partial charge < -0.3 is 32.9 Å². The van der Waals surface area contributed by atoms with Crippen molar-refractivity contribution in [3.05, 3.63) is 0 Å². The fourth-order valence-corrected chi connectivity index (χ4v) is 9.91. The van der Waals surface area contributed by atoms with Gasteiger partial charge in [0.1, 0.15) is 6.10 Å². The van der Waals surface area contributed by atoms with Crippen LogP contribution >= 0.6 is 0 Å². The third kappa shape index (κ3) is 10.8. The molecule has 0 radical (unpaired) electrons. The molecule has 7 nitrogen and oxygen atoms in total. The second-order valence-corrected chi connectivity index (χ2v) is 16.1. The van der Waals surface area contributed by atoms with Crippen molar-refractivity contribution in [1.29, 1.82) is 0 Å². The highest BCUT2D eigenvalue weighted by Gasteiger charge is 2.41. The number of ether oxygens (including phenoxy) is 2. The average molecular weight is 454 g/mol. The van der Waals surface area contributed by atoms with Gasteiger partial charge in [-0.2, -0.15) is 0 Å². The first-order valence-electron chi connectivity index (χ1n) is 11.0. The first-order chi connectivity index (χ1) is 13.8. The predicted molar refractivity (Wildman–Crippen MR) is 123 cm³/mol. The number of hydrogen-bond acceptors (Lipinski definition) is 7. The summed E-state index contributed by atoms with van der Waals surface area (Å²) in [5, 5.41) is 0. The van der Waals surface area contributed by atoms with E-state index < -0.39 is 17.1 Å². The maximum absolute atomic E-state index is 6.25. The van der Waals surface area contributed by atoms with Crippen LogP contribution in [0.2, 0.25) is 23.2 Å². The summed E-state index contributed by atoms with van der Waals surface area (Å²) in [5.41, 5.74) is 6.70. The van der Waals surface area contributed by atoms with Crippen LogP contribution in [-0.2, 0) is 27.2 Å². The number of rotatable bonds is 16. The van der Waals surface area contributed by atoms with Gasteiger partial charge in [0.15, 0.2) is 8.32 Å². The molecular weight excluding hydrogens is 406 g/mol. The summed E-state index contributed by atoms with van der Waals surface area (Å²) in [7, 11) is 0.879. The molecule has 1 saturated heterocycles. The van der Waals surface area contributed by atoms with Crippen molar-refractivity contribution >= 4 is 17.1 Å². The van der Waals surface area contributed by atoms with Crippen molar-refractivity contribution in [2.75, 3.05) is 54.3 Å². The molecule has 1 unspecified atom stereocenters. The van der Waals surface area contributed by atoms with E-state index in [4.69, 9.17) is 32.9 Å². The highest BCUT2D eigenvalue weighted by atomic mass is 28.4. The van der Waals surface area contributed by atoms with Gasteiger partial charge in [-0.25, -0.2) is 0 Å². The van der Waals surface area contributed by atoms with Crippen LogP contribution in [0.3, 0.4) is 0 Å². The molecule has 1 rings (SSSR count). The molecule has 0 aromatic heterocycles. The Kier molecular flexibility index (Phi) is 16.0. The van der Waals surface area contributed by atoms with E-state index in [-0.39, 0.29) is 0 Å². The van der Waals surface area contributed by atoms with E-state index in [2.05, 4.69) is 34.6 Å². The van der Waals surface area contributed by atoms with E-state index in [1.807, 2.05) is 0 Å². The number of epoxide rings is 1. The summed E-state index contributed by atoms with van der Waals surface area (Å²) in [6.07, 6.45) is 2.38. The second-order valence-electron chi connectivity index (χ2n) is 8.02. The Morgan fingerprint density at radius 3 is 1.90 bits per heavy atom. The monoisotopic (exact) mass is 453 g/mol. The van der Waals surface area contributed by atoms with Gasteiger partial charge in [0.25, 0.3) is 0 Å². The molecule has 1 aliphatic rings. The van der Waals surface area contributed by atoms with Crippen LogP contribution in [-0.4, -0.2) is 77.5 Å². The van der Waals surface area contributed by atoms with Crippen molar-refractivity contribution in [2.24, 2.45) is 5.73 Å². The molecule has 0 bridgehead atoms. The van der Waals surface area contributed by atoms with Crippen molar-refractivity contribution in [3.63, 3.8) is 0 Å². The maximum Gasteiger partial charge on any atom is 0.500 e. The van der Waals surface area contributed by atoms with Crippen LogP contribution in [0.15, 0.2) is 0 Å². The Bertz CT molecular complexity index is 377. The fourth-order valence-electron chi connectivity index (χ4n) is 3.62. The van der Waals surface area contributed by atoms with Crippen LogP contribution in [0.1, 0.15) is 47.5 Å². The van der Waals surface area contributed by atoms with Gasteiger partial charge >= 0.3 is 8.80 Å².